The summed E-state index contributed by atoms with van der Waals surface area (Å²) in [6, 6.07) is 7.21. The van der Waals surface area contributed by atoms with E-state index in [0.717, 1.165) is 17.5 Å². The van der Waals surface area contributed by atoms with Gasteiger partial charge in [-0.15, -0.1) is 0 Å². The van der Waals surface area contributed by atoms with E-state index in [1.54, 1.807) is 0 Å². The molecule has 0 radical (unpaired) electrons. The minimum absolute atomic E-state index is 0.165. The maximum atomic E-state index is 12.0. The Morgan fingerprint density at radius 3 is 2.45 bits per heavy atom. The second kappa shape index (κ2) is 5.53. The second-order valence-corrected chi connectivity index (χ2v) is 5.42. The third kappa shape index (κ3) is 2.76. The first-order chi connectivity index (χ1) is 9.44. The molecule has 1 unspecified atom stereocenters. The van der Waals surface area contributed by atoms with E-state index in [2.05, 4.69) is 10.6 Å². The number of aryl methyl sites for hydroxylation is 1. The highest BCUT2D eigenvalue weighted by Crippen LogP contribution is 2.32. The topological polar surface area (TPSA) is 78.4 Å². The first-order valence-electron chi connectivity index (χ1n) is 6.82. The number of carbonyl (C=O) groups excluding carboxylic acids is 1. The fraction of sp³-hybridized carbons (Fsp3) is 0.467. The van der Waals surface area contributed by atoms with Crippen LogP contribution in [0.25, 0.3) is 0 Å². The van der Waals surface area contributed by atoms with Crippen LogP contribution in [-0.2, 0) is 4.79 Å². The van der Waals surface area contributed by atoms with Gasteiger partial charge in [-0.1, -0.05) is 24.3 Å². The quantitative estimate of drug-likeness (QED) is 0.790. The Morgan fingerprint density at radius 1 is 1.30 bits per heavy atom. The lowest BCUT2D eigenvalue weighted by Gasteiger charge is -2.38. The van der Waals surface area contributed by atoms with Gasteiger partial charge < -0.3 is 15.7 Å². The van der Waals surface area contributed by atoms with E-state index in [1.807, 2.05) is 38.1 Å². The summed E-state index contributed by atoms with van der Waals surface area (Å²) in [5.41, 5.74) is 1.05. The monoisotopic (exact) mass is 276 g/mol. The number of nitrogens with one attached hydrogen (secondary N) is 2. The standard InChI is InChI=1S/C15H20N2O3/c1-10-6-3-4-7-12(10)11(2)16-14(20)17-15(13(18)19)8-5-9-15/h3-4,6-7,11H,5,8-9H2,1-2H3,(H,18,19)(H2,16,17,20). The average Bonchev–Trinajstić information content (AvgIpc) is 2.33. The molecule has 0 bridgehead atoms. The highest BCUT2D eigenvalue weighted by Gasteiger charge is 2.45. The SMILES string of the molecule is Cc1ccccc1C(C)NC(=O)NC1(C(=O)O)CCC1. The van der Waals surface area contributed by atoms with Gasteiger partial charge in [-0.2, -0.15) is 0 Å². The molecule has 2 rings (SSSR count). The second-order valence-electron chi connectivity index (χ2n) is 5.42. The Labute approximate surface area is 118 Å². The lowest BCUT2D eigenvalue weighted by Crippen LogP contribution is -2.61. The molecule has 1 aromatic rings. The molecular formula is C15H20N2O3. The Morgan fingerprint density at radius 2 is 1.95 bits per heavy atom. The molecule has 2 amide bonds. The van der Waals surface area contributed by atoms with E-state index in [0.29, 0.717) is 12.8 Å². The summed E-state index contributed by atoms with van der Waals surface area (Å²) in [6.45, 7) is 3.87. The molecule has 1 aliphatic rings. The molecule has 1 aromatic carbocycles. The summed E-state index contributed by atoms with van der Waals surface area (Å²) in [4.78, 5) is 23.2. The zero-order chi connectivity index (χ0) is 14.8. The Hall–Kier alpha value is -2.04. The molecule has 1 saturated carbocycles. The van der Waals surface area contributed by atoms with Crippen LogP contribution in [0, 0.1) is 6.92 Å². The normalized spacial score (nSPS) is 17.7. The summed E-state index contributed by atoms with van der Waals surface area (Å²) >= 11 is 0. The number of amides is 2. The number of carboxylic acids is 1. The van der Waals surface area contributed by atoms with E-state index < -0.39 is 17.5 Å². The fourth-order valence-electron chi connectivity index (χ4n) is 2.52. The van der Waals surface area contributed by atoms with E-state index in [9.17, 15) is 14.7 Å². The third-order valence-corrected chi connectivity index (χ3v) is 3.97. The number of carboxylic acid groups (broad SMARTS) is 1. The lowest BCUT2D eigenvalue weighted by atomic mass is 9.77. The Bertz CT molecular complexity index is 524. The van der Waals surface area contributed by atoms with E-state index in [4.69, 9.17) is 0 Å². The third-order valence-electron chi connectivity index (χ3n) is 3.97. The van der Waals surface area contributed by atoms with Crippen molar-refractivity contribution in [3.8, 4) is 0 Å². The van der Waals surface area contributed by atoms with Crippen molar-refractivity contribution in [3.05, 3.63) is 35.4 Å². The minimum atomic E-state index is -1.07. The molecule has 5 nitrogen and oxygen atoms in total. The van der Waals surface area contributed by atoms with Gasteiger partial charge in [0, 0.05) is 0 Å². The van der Waals surface area contributed by atoms with Crippen LogP contribution in [0.4, 0.5) is 4.79 Å². The van der Waals surface area contributed by atoms with Gasteiger partial charge in [0.2, 0.25) is 0 Å². The number of aliphatic carboxylic acids is 1. The summed E-state index contributed by atoms with van der Waals surface area (Å²) in [5.74, 6) is -0.956. The zero-order valence-electron chi connectivity index (χ0n) is 11.8. The van der Waals surface area contributed by atoms with E-state index in [-0.39, 0.29) is 6.04 Å². The number of benzene rings is 1. The Kier molecular flexibility index (Phi) is 3.97. The molecule has 5 heteroatoms. The summed E-state index contributed by atoms with van der Waals surface area (Å²) in [7, 11) is 0. The Balaban J connectivity index is 1.98. The number of hydrogen-bond acceptors (Lipinski definition) is 2. The summed E-state index contributed by atoms with van der Waals surface area (Å²) in [6.07, 6.45) is 1.82. The average molecular weight is 276 g/mol. The molecule has 108 valence electrons. The number of hydrogen-bond donors (Lipinski definition) is 3. The molecule has 1 aliphatic carbocycles. The molecule has 1 fully saturated rings. The smallest absolute Gasteiger partial charge is 0.329 e. The lowest BCUT2D eigenvalue weighted by molar-refractivity contribution is -0.148. The summed E-state index contributed by atoms with van der Waals surface area (Å²) < 4.78 is 0. The molecule has 0 aromatic heterocycles. The fourth-order valence-corrected chi connectivity index (χ4v) is 2.52. The minimum Gasteiger partial charge on any atom is -0.480 e. The number of carbonyl (C=O) groups is 2. The molecule has 20 heavy (non-hydrogen) atoms. The molecule has 0 aliphatic heterocycles. The van der Waals surface area contributed by atoms with Gasteiger partial charge in [0.25, 0.3) is 0 Å². The van der Waals surface area contributed by atoms with Crippen molar-refractivity contribution in [2.24, 2.45) is 0 Å². The van der Waals surface area contributed by atoms with Crippen LogP contribution in [0.15, 0.2) is 24.3 Å². The first-order valence-corrected chi connectivity index (χ1v) is 6.82. The zero-order valence-corrected chi connectivity index (χ0v) is 11.8. The van der Waals surface area contributed by atoms with Gasteiger partial charge >= 0.3 is 12.0 Å². The summed E-state index contributed by atoms with van der Waals surface area (Å²) in [5, 5.41) is 14.6. The number of rotatable bonds is 4. The van der Waals surface area contributed by atoms with Crippen molar-refractivity contribution in [2.75, 3.05) is 0 Å². The predicted molar refractivity (Wildman–Crippen MR) is 75.5 cm³/mol. The van der Waals surface area contributed by atoms with Crippen LogP contribution in [0.2, 0.25) is 0 Å². The van der Waals surface area contributed by atoms with Crippen molar-refractivity contribution in [1.29, 1.82) is 0 Å². The van der Waals surface area contributed by atoms with Gasteiger partial charge in [-0.3, -0.25) is 0 Å². The highest BCUT2D eigenvalue weighted by molar-refractivity contribution is 5.87. The van der Waals surface area contributed by atoms with Crippen LogP contribution < -0.4 is 10.6 Å². The maximum absolute atomic E-state index is 12.0. The molecule has 0 spiro atoms. The molecular weight excluding hydrogens is 256 g/mol. The van der Waals surface area contributed by atoms with Gasteiger partial charge in [0.05, 0.1) is 6.04 Å². The maximum Gasteiger partial charge on any atom is 0.329 e. The van der Waals surface area contributed by atoms with Crippen molar-refractivity contribution >= 4 is 12.0 Å². The van der Waals surface area contributed by atoms with Crippen molar-refractivity contribution in [2.45, 2.75) is 44.7 Å². The predicted octanol–water partition coefficient (Wildman–Crippen LogP) is 2.36. The molecule has 0 saturated heterocycles. The molecule has 3 N–H and O–H groups in total. The van der Waals surface area contributed by atoms with Crippen molar-refractivity contribution < 1.29 is 14.7 Å². The van der Waals surface area contributed by atoms with E-state index >= 15 is 0 Å². The van der Waals surface area contributed by atoms with Crippen LogP contribution >= 0.6 is 0 Å². The van der Waals surface area contributed by atoms with Crippen LogP contribution in [0.1, 0.15) is 43.4 Å². The molecule has 1 atom stereocenters. The molecule has 0 heterocycles. The van der Waals surface area contributed by atoms with Crippen molar-refractivity contribution in [3.63, 3.8) is 0 Å². The van der Waals surface area contributed by atoms with Crippen molar-refractivity contribution in [1.82, 2.24) is 10.6 Å². The number of urea groups is 1. The van der Waals surface area contributed by atoms with Crippen LogP contribution in [-0.4, -0.2) is 22.6 Å². The van der Waals surface area contributed by atoms with Crippen LogP contribution in [0.3, 0.4) is 0 Å². The van der Waals surface area contributed by atoms with Crippen LogP contribution in [0.5, 0.6) is 0 Å². The van der Waals surface area contributed by atoms with E-state index in [1.165, 1.54) is 0 Å². The largest absolute Gasteiger partial charge is 0.480 e. The first kappa shape index (κ1) is 14.4. The van der Waals surface area contributed by atoms with Gasteiger partial charge in [-0.25, -0.2) is 9.59 Å². The van der Waals surface area contributed by atoms with Gasteiger partial charge in [0.15, 0.2) is 0 Å². The highest BCUT2D eigenvalue weighted by atomic mass is 16.4. The van der Waals surface area contributed by atoms with Gasteiger partial charge in [0.1, 0.15) is 5.54 Å². The van der Waals surface area contributed by atoms with Gasteiger partial charge in [-0.05, 0) is 44.2 Å².